The second-order valence-electron chi connectivity index (χ2n) is 6.55. The summed E-state index contributed by atoms with van der Waals surface area (Å²) < 4.78 is 38.0. The van der Waals surface area contributed by atoms with Crippen molar-refractivity contribution in [1.82, 2.24) is 9.97 Å². The highest BCUT2D eigenvalue weighted by Gasteiger charge is 2.31. The Morgan fingerprint density at radius 2 is 1.96 bits per heavy atom. The highest BCUT2D eigenvalue weighted by molar-refractivity contribution is 5.74. The molecule has 1 saturated heterocycles. The van der Waals surface area contributed by atoms with E-state index in [0.717, 1.165) is 25.0 Å². The smallest absolute Gasteiger partial charge is 0.350 e. The third-order valence-electron chi connectivity index (χ3n) is 4.42. The van der Waals surface area contributed by atoms with Crippen LogP contribution in [0.1, 0.15) is 25.3 Å². The standard InChI is InChI=1S/C17H18F3N5O2/c1-11-3-2-8-24(9-11)16-14(25(26)27)15(21-10-22-16)23-13-6-4-12(5-7-13)17(18,19)20/h4-7,10-11H,2-3,8-9H2,1H3,(H,21,22,23). The van der Waals surface area contributed by atoms with E-state index in [4.69, 9.17) is 0 Å². The van der Waals surface area contributed by atoms with Crippen LogP contribution in [0.25, 0.3) is 0 Å². The first kappa shape index (κ1) is 18.9. The van der Waals surface area contributed by atoms with Crippen molar-refractivity contribution in [2.45, 2.75) is 25.9 Å². The minimum absolute atomic E-state index is 0.0528. The van der Waals surface area contributed by atoms with E-state index in [1.165, 1.54) is 18.5 Å². The van der Waals surface area contributed by atoms with E-state index in [9.17, 15) is 23.3 Å². The van der Waals surface area contributed by atoms with Gasteiger partial charge >= 0.3 is 11.9 Å². The largest absolute Gasteiger partial charge is 0.416 e. The van der Waals surface area contributed by atoms with Gasteiger partial charge in [0.25, 0.3) is 0 Å². The van der Waals surface area contributed by atoms with Gasteiger partial charge in [-0.25, -0.2) is 9.97 Å². The van der Waals surface area contributed by atoms with Gasteiger partial charge in [-0.15, -0.1) is 0 Å². The number of nitrogens with one attached hydrogen (secondary N) is 1. The molecule has 1 unspecified atom stereocenters. The average Bonchev–Trinajstić information content (AvgIpc) is 2.61. The molecule has 1 aromatic carbocycles. The van der Waals surface area contributed by atoms with Crippen LogP contribution < -0.4 is 10.2 Å². The molecule has 10 heteroatoms. The summed E-state index contributed by atoms with van der Waals surface area (Å²) in [5, 5.41) is 14.4. The molecule has 1 N–H and O–H groups in total. The Hall–Kier alpha value is -2.91. The molecule has 0 saturated carbocycles. The van der Waals surface area contributed by atoms with E-state index in [2.05, 4.69) is 22.2 Å². The summed E-state index contributed by atoms with van der Waals surface area (Å²) in [7, 11) is 0. The van der Waals surface area contributed by atoms with Crippen LogP contribution in [-0.2, 0) is 6.18 Å². The molecule has 1 aromatic heterocycles. The monoisotopic (exact) mass is 381 g/mol. The fourth-order valence-corrected chi connectivity index (χ4v) is 3.12. The number of hydrogen-bond acceptors (Lipinski definition) is 6. The second-order valence-corrected chi connectivity index (χ2v) is 6.55. The van der Waals surface area contributed by atoms with Crippen molar-refractivity contribution >= 4 is 23.0 Å². The predicted molar refractivity (Wildman–Crippen MR) is 94.0 cm³/mol. The van der Waals surface area contributed by atoms with Crippen molar-refractivity contribution < 1.29 is 18.1 Å². The third-order valence-corrected chi connectivity index (χ3v) is 4.42. The minimum atomic E-state index is -4.45. The molecule has 27 heavy (non-hydrogen) atoms. The van der Waals surface area contributed by atoms with Gasteiger partial charge in [0.05, 0.1) is 10.5 Å². The van der Waals surface area contributed by atoms with Crippen LogP contribution in [0.2, 0.25) is 0 Å². The third kappa shape index (κ3) is 4.26. The highest BCUT2D eigenvalue weighted by Crippen LogP contribution is 2.36. The van der Waals surface area contributed by atoms with Crippen LogP contribution in [-0.4, -0.2) is 28.0 Å². The van der Waals surface area contributed by atoms with E-state index >= 15 is 0 Å². The number of hydrogen-bond donors (Lipinski definition) is 1. The van der Waals surface area contributed by atoms with E-state index in [1.54, 1.807) is 0 Å². The lowest BCUT2D eigenvalue weighted by Crippen LogP contribution is -2.35. The Labute approximate surface area is 153 Å². The van der Waals surface area contributed by atoms with Crippen LogP contribution in [0.15, 0.2) is 30.6 Å². The number of anilines is 3. The molecule has 0 amide bonds. The quantitative estimate of drug-likeness (QED) is 0.625. The van der Waals surface area contributed by atoms with Crippen LogP contribution in [0.3, 0.4) is 0 Å². The van der Waals surface area contributed by atoms with Crippen LogP contribution >= 0.6 is 0 Å². The van der Waals surface area contributed by atoms with Gasteiger partial charge in [-0.2, -0.15) is 13.2 Å². The van der Waals surface area contributed by atoms with Gasteiger partial charge in [-0.05, 0) is 43.0 Å². The molecule has 2 heterocycles. The molecular formula is C17H18F3N5O2. The Morgan fingerprint density at radius 3 is 2.56 bits per heavy atom. The van der Waals surface area contributed by atoms with Gasteiger partial charge < -0.3 is 10.2 Å². The van der Waals surface area contributed by atoms with Gasteiger partial charge in [-0.3, -0.25) is 10.1 Å². The number of piperidine rings is 1. The Balaban J connectivity index is 1.91. The molecule has 7 nitrogen and oxygen atoms in total. The minimum Gasteiger partial charge on any atom is -0.350 e. The molecule has 0 radical (unpaired) electrons. The lowest BCUT2D eigenvalue weighted by Gasteiger charge is -2.31. The van der Waals surface area contributed by atoms with Gasteiger partial charge in [-0.1, -0.05) is 6.92 Å². The first-order valence-electron chi connectivity index (χ1n) is 8.44. The summed E-state index contributed by atoms with van der Waals surface area (Å²) in [5.74, 6) is 0.554. The maximum atomic E-state index is 12.7. The number of halogens is 3. The molecule has 1 aliphatic heterocycles. The van der Waals surface area contributed by atoms with Crippen molar-refractivity contribution in [2.24, 2.45) is 5.92 Å². The first-order chi connectivity index (χ1) is 12.8. The molecule has 0 spiro atoms. The molecule has 2 aromatic rings. The van der Waals surface area contributed by atoms with Crippen molar-refractivity contribution in [3.63, 3.8) is 0 Å². The zero-order valence-electron chi connectivity index (χ0n) is 14.5. The zero-order chi connectivity index (χ0) is 19.6. The maximum Gasteiger partial charge on any atom is 0.416 e. The summed E-state index contributed by atoms with van der Waals surface area (Å²) in [6, 6.07) is 4.22. The Morgan fingerprint density at radius 1 is 1.26 bits per heavy atom. The number of nitro groups is 1. The van der Waals surface area contributed by atoms with Gasteiger partial charge in [0, 0.05) is 18.8 Å². The van der Waals surface area contributed by atoms with Crippen molar-refractivity contribution in [3.8, 4) is 0 Å². The summed E-state index contributed by atoms with van der Waals surface area (Å²) >= 11 is 0. The van der Waals surface area contributed by atoms with Crippen molar-refractivity contribution in [3.05, 3.63) is 46.3 Å². The van der Waals surface area contributed by atoms with Crippen LogP contribution in [0.4, 0.5) is 36.2 Å². The second kappa shape index (κ2) is 7.37. The number of alkyl halides is 3. The van der Waals surface area contributed by atoms with Gasteiger partial charge in [0.1, 0.15) is 6.33 Å². The Kier molecular flexibility index (Phi) is 5.15. The highest BCUT2D eigenvalue weighted by atomic mass is 19.4. The normalized spacial score (nSPS) is 17.6. The van der Waals surface area contributed by atoms with Crippen LogP contribution in [0, 0.1) is 16.0 Å². The molecule has 144 valence electrons. The molecular weight excluding hydrogens is 363 g/mol. The topological polar surface area (TPSA) is 84.2 Å². The molecule has 3 rings (SSSR count). The van der Waals surface area contributed by atoms with E-state index in [1.807, 2.05) is 4.90 Å². The number of aromatic nitrogens is 2. The predicted octanol–water partition coefficient (Wildman–Crippen LogP) is 4.38. The fraction of sp³-hybridized carbons (Fsp3) is 0.412. The molecule has 1 fully saturated rings. The SMILES string of the molecule is CC1CCCN(c2ncnc(Nc3ccc(C(F)(F)F)cc3)c2[N+](=O)[O-])C1. The Bertz CT molecular complexity index is 826. The molecule has 1 aliphatic rings. The maximum absolute atomic E-state index is 12.7. The van der Waals surface area contributed by atoms with E-state index < -0.39 is 16.7 Å². The zero-order valence-corrected chi connectivity index (χ0v) is 14.5. The van der Waals surface area contributed by atoms with Crippen LogP contribution in [0.5, 0.6) is 0 Å². The molecule has 0 aliphatic carbocycles. The average molecular weight is 381 g/mol. The first-order valence-corrected chi connectivity index (χ1v) is 8.44. The van der Waals surface area contributed by atoms with Crippen molar-refractivity contribution in [2.75, 3.05) is 23.3 Å². The van der Waals surface area contributed by atoms with E-state index in [0.29, 0.717) is 19.0 Å². The molecule has 1 atom stereocenters. The summed E-state index contributed by atoms with van der Waals surface area (Å²) in [6.45, 7) is 3.38. The fourth-order valence-electron chi connectivity index (χ4n) is 3.12. The summed E-state index contributed by atoms with van der Waals surface area (Å²) in [5.41, 5.74) is -0.817. The number of benzene rings is 1. The van der Waals surface area contributed by atoms with E-state index in [-0.39, 0.29) is 23.0 Å². The summed E-state index contributed by atoms with van der Waals surface area (Å²) in [6.07, 6.45) is -1.28. The lowest BCUT2D eigenvalue weighted by molar-refractivity contribution is -0.383. The van der Waals surface area contributed by atoms with Gasteiger partial charge in [0.15, 0.2) is 0 Å². The molecule has 0 bridgehead atoms. The van der Waals surface area contributed by atoms with Gasteiger partial charge in [0.2, 0.25) is 11.6 Å². The lowest BCUT2D eigenvalue weighted by atomic mass is 10.0. The summed E-state index contributed by atoms with van der Waals surface area (Å²) in [4.78, 5) is 21.0. The number of rotatable bonds is 4. The van der Waals surface area contributed by atoms with Crippen molar-refractivity contribution in [1.29, 1.82) is 0 Å². The number of nitrogens with zero attached hydrogens (tertiary/aromatic N) is 4.